The Morgan fingerprint density at radius 3 is 2.00 bits per heavy atom. The van der Waals surface area contributed by atoms with E-state index in [9.17, 15) is 4.79 Å². The van der Waals surface area contributed by atoms with Crippen LogP contribution in [0.1, 0.15) is 30.5 Å². The van der Waals surface area contributed by atoms with E-state index in [0.717, 1.165) is 81.7 Å². The molecule has 0 saturated carbocycles. The Morgan fingerprint density at radius 2 is 1.31 bits per heavy atom. The van der Waals surface area contributed by atoms with Crippen molar-refractivity contribution < 1.29 is 47.8 Å². The van der Waals surface area contributed by atoms with Crippen LogP contribution >= 0.6 is 0 Å². The van der Waals surface area contributed by atoms with Crippen LogP contribution in [0.4, 0.5) is 28.4 Å². The fourth-order valence-electron chi connectivity index (χ4n) is 9.39. The van der Waals surface area contributed by atoms with E-state index in [1.54, 1.807) is 17.7 Å². The number of ether oxygens (including phenoxy) is 8. The summed E-state index contributed by atoms with van der Waals surface area (Å²) in [5.41, 5.74) is 13.0. The highest BCUT2D eigenvalue weighted by Gasteiger charge is 2.53. The normalized spacial score (nSPS) is 18.1. The zero-order valence-electron chi connectivity index (χ0n) is 41.9. The largest absolute Gasteiger partial charge is 0.490 e. The summed E-state index contributed by atoms with van der Waals surface area (Å²) < 4.78 is 56.3. The SMILES string of the molecule is CCN(CC)c1ccc2cc(N3C=C(c4ccc(N5CCOc6cc(C)ccc6N6CCOCCOCC7(COCCOCC6)CN7c6ccc(C)cc6OCC5)c(OCCOC)c4)N[NH2+]3)c(=O)oc2c1. The third kappa shape index (κ3) is 11.9. The van der Waals surface area contributed by atoms with Crippen molar-refractivity contribution in [1.82, 2.24) is 5.43 Å². The van der Waals surface area contributed by atoms with Gasteiger partial charge in [0, 0.05) is 62.5 Å². The van der Waals surface area contributed by atoms with Crippen molar-refractivity contribution in [1.29, 1.82) is 0 Å². The number of hydrogen-bond acceptors (Lipinski definition) is 16. The summed E-state index contributed by atoms with van der Waals surface area (Å²) in [5, 5.41) is 2.60. The second kappa shape index (κ2) is 23.3. The molecular formula is C54H70N7O10+. The molecule has 5 aromatic rings. The molecule has 17 heteroatoms. The average molecular weight is 977 g/mol. The van der Waals surface area contributed by atoms with Gasteiger partial charge in [-0.15, -0.1) is 5.53 Å². The van der Waals surface area contributed by atoms with Crippen molar-refractivity contribution in [2.45, 2.75) is 33.2 Å². The Hall–Kier alpha value is -6.21. The third-order valence-electron chi connectivity index (χ3n) is 13.4. The summed E-state index contributed by atoms with van der Waals surface area (Å²) in [4.78, 5) is 22.6. The van der Waals surface area contributed by atoms with Gasteiger partial charge in [-0.25, -0.2) is 10.2 Å². The second-order valence-electron chi connectivity index (χ2n) is 18.3. The lowest BCUT2D eigenvalue weighted by Crippen LogP contribution is -2.98. The van der Waals surface area contributed by atoms with E-state index < -0.39 is 5.63 Å². The molecule has 6 heterocycles. The lowest BCUT2D eigenvalue weighted by atomic mass is 10.1. The standard InChI is InChI=1S/C54H69N7O10/c1-6-57(7-2)43-12-10-42-32-48(53(62)71-49(42)34-43)61-35-44(55-56-61)41-11-15-46(52(33-41)70-29-24-63-5)59-18-22-68-50-30-39(3)8-13-45(50)58-16-20-64-25-27-66-37-54(38-67-28-26-65-21-17-58)36-60(54)47-14-9-40(4)31-51(47)69-23-19-59/h8-15,30-35,55-56H,6-7,16-29,36-38H2,1-5H3/p+1. The molecule has 2 fully saturated rings. The van der Waals surface area contributed by atoms with E-state index in [1.165, 1.54) is 0 Å². The smallest absolute Gasteiger partial charge is 0.365 e. The Morgan fingerprint density at radius 1 is 0.676 bits per heavy atom. The molecule has 17 nitrogen and oxygen atoms in total. The monoisotopic (exact) mass is 977 g/mol. The van der Waals surface area contributed by atoms with Crippen LogP contribution in [0.2, 0.25) is 0 Å². The molecule has 0 amide bonds. The van der Waals surface area contributed by atoms with Crippen LogP contribution in [0.5, 0.6) is 17.2 Å². The molecule has 1 spiro atoms. The highest BCUT2D eigenvalue weighted by molar-refractivity contribution is 5.84. The van der Waals surface area contributed by atoms with E-state index in [-0.39, 0.29) is 5.54 Å². The predicted octanol–water partition coefficient (Wildman–Crippen LogP) is 5.51. The summed E-state index contributed by atoms with van der Waals surface area (Å²) in [6.45, 7) is 18.7. The first-order valence-electron chi connectivity index (χ1n) is 25.0. The summed E-state index contributed by atoms with van der Waals surface area (Å²) in [5.74, 6) is 2.25. The van der Waals surface area contributed by atoms with Crippen molar-refractivity contribution in [3.05, 3.63) is 112 Å². The molecular weight excluding hydrogens is 907 g/mol. The van der Waals surface area contributed by atoms with Gasteiger partial charge < -0.3 is 61.9 Å². The number of benzene rings is 4. The molecule has 0 unspecified atom stereocenters. The molecule has 2 bridgehead atoms. The number of fused-ring (bicyclic) bond motifs is 19. The molecule has 71 heavy (non-hydrogen) atoms. The van der Waals surface area contributed by atoms with Gasteiger partial charge in [0.2, 0.25) is 0 Å². The van der Waals surface area contributed by atoms with Crippen molar-refractivity contribution >= 4 is 45.1 Å². The maximum absolute atomic E-state index is 13.5. The lowest BCUT2D eigenvalue weighted by molar-refractivity contribution is -0.696. The number of nitrogens with two attached hydrogens (primary N) is 1. The average Bonchev–Trinajstić information content (AvgIpc) is 3.84. The minimum absolute atomic E-state index is 0.334. The molecule has 0 atom stereocenters. The highest BCUT2D eigenvalue weighted by Crippen LogP contribution is 2.44. The minimum atomic E-state index is -0.430. The van der Waals surface area contributed by atoms with E-state index in [4.69, 9.17) is 42.3 Å². The first kappa shape index (κ1) is 49.8. The maximum Gasteiger partial charge on any atom is 0.365 e. The second-order valence-corrected chi connectivity index (χ2v) is 18.3. The zero-order valence-corrected chi connectivity index (χ0v) is 41.9. The molecule has 2 saturated heterocycles. The van der Waals surface area contributed by atoms with E-state index in [0.29, 0.717) is 122 Å². The lowest BCUT2D eigenvalue weighted by Gasteiger charge is -2.29. The number of aryl methyl sites for hydroxylation is 2. The molecule has 0 aliphatic carbocycles. The van der Waals surface area contributed by atoms with Crippen molar-refractivity contribution in [2.75, 3.05) is 157 Å². The number of methoxy groups -OCH3 is 1. The summed E-state index contributed by atoms with van der Waals surface area (Å²) in [7, 11) is 1.66. The fraction of sp³-hybridized carbons (Fsp3) is 0.463. The van der Waals surface area contributed by atoms with Gasteiger partial charge in [0.05, 0.1) is 95.8 Å². The minimum Gasteiger partial charge on any atom is -0.490 e. The quantitative estimate of drug-likeness (QED) is 0.0596. The van der Waals surface area contributed by atoms with Gasteiger partial charge in [-0.2, -0.15) is 5.01 Å². The van der Waals surface area contributed by atoms with Crippen LogP contribution in [0.3, 0.4) is 0 Å². The van der Waals surface area contributed by atoms with E-state index in [2.05, 4.69) is 107 Å². The van der Waals surface area contributed by atoms with E-state index >= 15 is 0 Å². The van der Waals surface area contributed by atoms with Gasteiger partial charge in [-0.05, 0) is 93.4 Å². The molecule has 1 aromatic heterocycles. The first-order chi connectivity index (χ1) is 34.7. The Bertz CT molecular complexity index is 2650. The Balaban J connectivity index is 1.03. The number of nitrogens with one attached hydrogen (secondary N) is 1. The number of quaternary nitrogens is 1. The van der Waals surface area contributed by atoms with Crippen LogP contribution in [0.15, 0.2) is 94.3 Å². The first-order valence-corrected chi connectivity index (χ1v) is 25.0. The van der Waals surface area contributed by atoms with E-state index in [1.807, 2.05) is 30.5 Å². The van der Waals surface area contributed by atoms with Crippen LogP contribution < -0.4 is 55.4 Å². The molecule has 5 aliphatic heterocycles. The predicted molar refractivity (Wildman–Crippen MR) is 277 cm³/mol. The van der Waals surface area contributed by atoms with Gasteiger partial charge in [0.1, 0.15) is 53.9 Å². The summed E-state index contributed by atoms with van der Waals surface area (Å²) in [6, 6.07) is 26.7. The Kier molecular flexibility index (Phi) is 16.4. The van der Waals surface area contributed by atoms with Crippen molar-refractivity contribution in [3.63, 3.8) is 0 Å². The van der Waals surface area contributed by atoms with Gasteiger partial charge >= 0.3 is 5.63 Å². The molecule has 380 valence electrons. The summed E-state index contributed by atoms with van der Waals surface area (Å²) in [6.07, 6.45) is 1.90. The molecule has 4 aromatic carbocycles. The topological polar surface area (TPSA) is 149 Å². The van der Waals surface area contributed by atoms with Crippen LogP contribution in [0.25, 0.3) is 16.7 Å². The van der Waals surface area contributed by atoms with Crippen LogP contribution in [-0.4, -0.2) is 138 Å². The van der Waals surface area contributed by atoms with Gasteiger partial charge in [0.25, 0.3) is 0 Å². The number of rotatable bonds is 10. The van der Waals surface area contributed by atoms with Gasteiger partial charge in [-0.1, -0.05) is 18.2 Å². The molecule has 5 aliphatic rings. The number of hydrogen-bond donors (Lipinski definition) is 2. The zero-order chi connectivity index (χ0) is 49.2. The van der Waals surface area contributed by atoms with Gasteiger partial charge in [0.15, 0.2) is 5.69 Å². The molecule has 3 N–H and O–H groups in total. The maximum atomic E-state index is 13.5. The van der Waals surface area contributed by atoms with Gasteiger partial charge in [-0.3, -0.25) is 0 Å². The van der Waals surface area contributed by atoms with Crippen molar-refractivity contribution in [3.8, 4) is 17.2 Å². The summed E-state index contributed by atoms with van der Waals surface area (Å²) >= 11 is 0. The molecule has 10 rings (SSSR count). The number of anilines is 5. The third-order valence-corrected chi connectivity index (χ3v) is 13.4. The van der Waals surface area contributed by atoms with Crippen molar-refractivity contribution in [2.24, 2.45) is 0 Å². The fourth-order valence-corrected chi connectivity index (χ4v) is 9.39. The van der Waals surface area contributed by atoms with Crippen LogP contribution in [0, 0.1) is 13.8 Å². The Labute approximate surface area is 416 Å². The number of nitrogens with zero attached hydrogens (tertiary/aromatic N) is 5. The highest BCUT2D eigenvalue weighted by atomic mass is 16.5. The molecule has 0 radical (unpaired) electrons. The van der Waals surface area contributed by atoms with Crippen LogP contribution in [-0.2, 0) is 23.7 Å².